The van der Waals surface area contributed by atoms with Crippen LogP contribution in [0, 0.1) is 0 Å². The fourth-order valence-corrected chi connectivity index (χ4v) is 3.74. The van der Waals surface area contributed by atoms with Crippen molar-refractivity contribution in [1.82, 2.24) is 4.98 Å². The zero-order chi connectivity index (χ0) is 17.1. The zero-order valence-corrected chi connectivity index (χ0v) is 14.3. The molecule has 3 nitrogen and oxygen atoms in total. The van der Waals surface area contributed by atoms with Gasteiger partial charge in [-0.05, 0) is 39.9 Å². The summed E-state index contributed by atoms with van der Waals surface area (Å²) < 4.78 is 0. The van der Waals surface area contributed by atoms with Gasteiger partial charge in [-0.25, -0.2) is 0 Å². The van der Waals surface area contributed by atoms with E-state index in [-0.39, 0.29) is 5.91 Å². The Hall–Kier alpha value is -2.98. The molecule has 4 rings (SSSR count). The van der Waals surface area contributed by atoms with Crippen molar-refractivity contribution in [3.63, 3.8) is 0 Å². The summed E-state index contributed by atoms with van der Waals surface area (Å²) >= 11 is 1.58. The molecule has 4 aromatic rings. The van der Waals surface area contributed by atoms with E-state index >= 15 is 0 Å². The van der Waals surface area contributed by atoms with Gasteiger partial charge in [-0.1, -0.05) is 48.5 Å². The molecule has 4 heteroatoms. The molecule has 0 aliphatic carbocycles. The normalized spacial score (nSPS) is 10.7. The summed E-state index contributed by atoms with van der Waals surface area (Å²) in [5.74, 6) is -0.0214. The lowest BCUT2D eigenvalue weighted by Crippen LogP contribution is -2.14. The number of benzene rings is 2. The average molecular weight is 344 g/mol. The van der Waals surface area contributed by atoms with Crippen molar-refractivity contribution in [3.8, 4) is 10.6 Å². The number of carbonyl (C=O) groups excluding carboxylic acids is 1. The molecule has 0 aliphatic rings. The Morgan fingerprint density at radius 3 is 2.68 bits per heavy atom. The highest BCUT2D eigenvalue weighted by molar-refractivity contribution is 7.14. The molecule has 2 aromatic heterocycles. The number of carbonyl (C=O) groups is 1. The van der Waals surface area contributed by atoms with Crippen LogP contribution in [0.15, 0.2) is 78.3 Å². The van der Waals surface area contributed by atoms with Crippen LogP contribution in [0.3, 0.4) is 0 Å². The quantitative estimate of drug-likeness (QED) is 0.557. The molecule has 2 aromatic carbocycles. The van der Waals surface area contributed by atoms with Crippen LogP contribution in [0.4, 0.5) is 5.69 Å². The molecule has 1 N–H and O–H groups in total. The van der Waals surface area contributed by atoms with E-state index in [0.717, 1.165) is 32.6 Å². The summed E-state index contributed by atoms with van der Waals surface area (Å²) in [5, 5.41) is 7.27. The molecule has 0 unspecified atom stereocenters. The predicted molar refractivity (Wildman–Crippen MR) is 104 cm³/mol. The van der Waals surface area contributed by atoms with Gasteiger partial charge < -0.3 is 5.32 Å². The third kappa shape index (κ3) is 3.30. The van der Waals surface area contributed by atoms with Crippen LogP contribution >= 0.6 is 11.3 Å². The van der Waals surface area contributed by atoms with Gasteiger partial charge in [-0.2, -0.15) is 0 Å². The van der Waals surface area contributed by atoms with E-state index in [9.17, 15) is 4.79 Å². The fraction of sp³-hybridized carbons (Fsp3) is 0.0476. The smallest absolute Gasteiger partial charge is 0.228 e. The Balaban J connectivity index is 1.57. The summed E-state index contributed by atoms with van der Waals surface area (Å²) in [6.45, 7) is 0. The first kappa shape index (κ1) is 15.5. The summed E-state index contributed by atoms with van der Waals surface area (Å²) in [5.41, 5.74) is 2.72. The minimum absolute atomic E-state index is 0.0214. The number of hydrogen-bond acceptors (Lipinski definition) is 3. The zero-order valence-electron chi connectivity index (χ0n) is 13.5. The van der Waals surface area contributed by atoms with E-state index in [1.54, 1.807) is 17.5 Å². The summed E-state index contributed by atoms with van der Waals surface area (Å²) in [4.78, 5) is 17.9. The maximum Gasteiger partial charge on any atom is 0.228 e. The van der Waals surface area contributed by atoms with E-state index in [0.29, 0.717) is 6.42 Å². The van der Waals surface area contributed by atoms with E-state index < -0.39 is 0 Å². The van der Waals surface area contributed by atoms with Crippen LogP contribution in [0.25, 0.3) is 21.3 Å². The number of rotatable bonds is 4. The van der Waals surface area contributed by atoms with Crippen LogP contribution < -0.4 is 5.32 Å². The van der Waals surface area contributed by atoms with E-state index in [1.807, 2.05) is 53.9 Å². The monoisotopic (exact) mass is 344 g/mol. The highest BCUT2D eigenvalue weighted by Crippen LogP contribution is 2.32. The minimum Gasteiger partial charge on any atom is -0.324 e. The lowest BCUT2D eigenvalue weighted by molar-refractivity contribution is -0.115. The van der Waals surface area contributed by atoms with Crippen molar-refractivity contribution in [2.24, 2.45) is 0 Å². The molecule has 0 saturated carbocycles. The minimum atomic E-state index is -0.0214. The van der Waals surface area contributed by atoms with E-state index in [1.165, 1.54) is 0 Å². The molecule has 1 amide bonds. The highest BCUT2D eigenvalue weighted by atomic mass is 32.1. The standard InChI is InChI=1S/C21H16N2OS/c24-20(14-16-8-5-7-15-6-1-2-9-17(15)16)23-19-11-13-25-21(19)18-10-3-4-12-22-18/h1-13H,14H2,(H,23,24). The van der Waals surface area contributed by atoms with E-state index in [4.69, 9.17) is 0 Å². The Kier molecular flexibility index (Phi) is 4.27. The maximum absolute atomic E-state index is 12.6. The molecule has 0 spiro atoms. The third-order valence-electron chi connectivity index (χ3n) is 4.07. The fourth-order valence-electron chi connectivity index (χ4n) is 2.92. The Labute approximate surface area is 150 Å². The highest BCUT2D eigenvalue weighted by Gasteiger charge is 2.12. The SMILES string of the molecule is O=C(Cc1cccc2ccccc12)Nc1ccsc1-c1ccccn1. The van der Waals surface area contributed by atoms with Gasteiger partial charge >= 0.3 is 0 Å². The van der Waals surface area contributed by atoms with Crippen LogP contribution in [-0.2, 0) is 11.2 Å². The van der Waals surface area contributed by atoms with Gasteiger partial charge in [-0.3, -0.25) is 9.78 Å². The molecule has 0 bridgehead atoms. The number of aromatic nitrogens is 1. The van der Waals surface area contributed by atoms with Crippen LogP contribution in [0.2, 0.25) is 0 Å². The topological polar surface area (TPSA) is 42.0 Å². The van der Waals surface area contributed by atoms with Gasteiger partial charge in [0.25, 0.3) is 0 Å². The summed E-state index contributed by atoms with van der Waals surface area (Å²) in [7, 11) is 0. The summed E-state index contributed by atoms with van der Waals surface area (Å²) in [6, 6.07) is 21.9. The number of nitrogens with zero attached hydrogens (tertiary/aromatic N) is 1. The number of fused-ring (bicyclic) bond motifs is 1. The molecular formula is C21H16N2OS. The Bertz CT molecular complexity index is 1020. The van der Waals surface area contributed by atoms with Gasteiger partial charge in [-0.15, -0.1) is 11.3 Å². The van der Waals surface area contributed by atoms with Gasteiger partial charge in [0.05, 0.1) is 22.7 Å². The largest absolute Gasteiger partial charge is 0.324 e. The molecule has 0 saturated heterocycles. The van der Waals surface area contributed by atoms with Crippen molar-refractivity contribution in [3.05, 3.63) is 83.9 Å². The first-order chi connectivity index (χ1) is 12.3. The van der Waals surface area contributed by atoms with Crippen molar-refractivity contribution in [2.45, 2.75) is 6.42 Å². The van der Waals surface area contributed by atoms with Gasteiger partial charge in [0.2, 0.25) is 5.91 Å². The Morgan fingerprint density at radius 1 is 0.960 bits per heavy atom. The number of thiophene rings is 1. The van der Waals surface area contributed by atoms with E-state index in [2.05, 4.69) is 28.5 Å². The molecule has 0 fully saturated rings. The van der Waals surface area contributed by atoms with Crippen molar-refractivity contribution in [2.75, 3.05) is 5.32 Å². The van der Waals surface area contributed by atoms with Crippen molar-refractivity contribution < 1.29 is 4.79 Å². The lowest BCUT2D eigenvalue weighted by Gasteiger charge is -2.08. The van der Waals surface area contributed by atoms with Gasteiger partial charge in [0.1, 0.15) is 0 Å². The van der Waals surface area contributed by atoms with Crippen molar-refractivity contribution >= 4 is 33.7 Å². The lowest BCUT2D eigenvalue weighted by atomic mass is 10.0. The van der Waals surface area contributed by atoms with Crippen LogP contribution in [-0.4, -0.2) is 10.9 Å². The van der Waals surface area contributed by atoms with Gasteiger partial charge in [0, 0.05) is 6.20 Å². The number of anilines is 1. The van der Waals surface area contributed by atoms with Crippen LogP contribution in [0.5, 0.6) is 0 Å². The van der Waals surface area contributed by atoms with Crippen LogP contribution in [0.1, 0.15) is 5.56 Å². The first-order valence-electron chi connectivity index (χ1n) is 8.06. The Morgan fingerprint density at radius 2 is 1.80 bits per heavy atom. The number of nitrogens with one attached hydrogen (secondary N) is 1. The average Bonchev–Trinajstić information content (AvgIpc) is 3.11. The third-order valence-corrected chi connectivity index (χ3v) is 5.00. The van der Waals surface area contributed by atoms with Crippen molar-refractivity contribution in [1.29, 1.82) is 0 Å². The molecule has 0 atom stereocenters. The number of pyridine rings is 1. The first-order valence-corrected chi connectivity index (χ1v) is 8.94. The number of amides is 1. The molecular weight excluding hydrogens is 328 g/mol. The molecule has 122 valence electrons. The molecule has 25 heavy (non-hydrogen) atoms. The molecule has 0 radical (unpaired) electrons. The maximum atomic E-state index is 12.6. The van der Waals surface area contributed by atoms with Gasteiger partial charge in [0.15, 0.2) is 0 Å². The molecule has 2 heterocycles. The number of hydrogen-bond donors (Lipinski definition) is 1. The second kappa shape index (κ2) is 6.87. The second-order valence-corrected chi connectivity index (χ2v) is 6.66. The predicted octanol–water partition coefficient (Wildman–Crippen LogP) is 5.14. The molecule has 0 aliphatic heterocycles. The summed E-state index contributed by atoms with van der Waals surface area (Å²) in [6.07, 6.45) is 2.11. The second-order valence-electron chi connectivity index (χ2n) is 5.74.